The number of morpholine rings is 1. The molecular formula is C20H31ClN2O3. The van der Waals surface area contributed by atoms with E-state index in [4.69, 9.17) is 30.8 Å². The molecule has 6 heteroatoms. The van der Waals surface area contributed by atoms with Crippen LogP contribution in [0.15, 0.2) is 12.1 Å². The van der Waals surface area contributed by atoms with Crippen molar-refractivity contribution in [1.82, 2.24) is 4.98 Å². The van der Waals surface area contributed by atoms with Crippen LogP contribution in [0, 0.1) is 5.41 Å². The van der Waals surface area contributed by atoms with Gasteiger partial charge in [-0.2, -0.15) is 0 Å². The maximum absolute atomic E-state index is 6.30. The third kappa shape index (κ3) is 5.10. The second-order valence-corrected chi connectivity index (χ2v) is 8.55. The highest BCUT2D eigenvalue weighted by molar-refractivity contribution is 6.29. The van der Waals surface area contributed by atoms with Crippen molar-refractivity contribution in [3.8, 4) is 0 Å². The first-order valence-electron chi connectivity index (χ1n) is 9.67. The van der Waals surface area contributed by atoms with Gasteiger partial charge in [0.15, 0.2) is 6.29 Å². The average Bonchev–Trinajstić information content (AvgIpc) is 2.62. The third-order valence-corrected chi connectivity index (χ3v) is 5.39. The lowest BCUT2D eigenvalue weighted by Crippen LogP contribution is -2.37. The monoisotopic (exact) mass is 382 g/mol. The van der Waals surface area contributed by atoms with Crippen LogP contribution in [0.3, 0.4) is 0 Å². The number of halogens is 1. The van der Waals surface area contributed by atoms with E-state index in [0.29, 0.717) is 5.15 Å². The van der Waals surface area contributed by atoms with Gasteiger partial charge in [0.1, 0.15) is 5.15 Å². The second kappa shape index (κ2) is 8.87. The molecule has 0 aromatic carbocycles. The van der Waals surface area contributed by atoms with E-state index < -0.39 is 0 Å². The SMILES string of the molecule is CC(C)(C)C(CCC1OCCCO1)c1nc(Cl)ccc1N1CCOCC1. The molecule has 1 atom stereocenters. The van der Waals surface area contributed by atoms with Gasteiger partial charge in [0.25, 0.3) is 0 Å². The lowest BCUT2D eigenvalue weighted by molar-refractivity contribution is -0.182. The Bertz CT molecular complexity index is 579. The van der Waals surface area contributed by atoms with Gasteiger partial charge in [-0.1, -0.05) is 32.4 Å². The molecule has 0 amide bonds. The smallest absolute Gasteiger partial charge is 0.157 e. The van der Waals surface area contributed by atoms with Gasteiger partial charge in [0.2, 0.25) is 0 Å². The molecule has 0 bridgehead atoms. The molecule has 2 aliphatic rings. The predicted octanol–water partition coefficient (Wildman–Crippen LogP) is 4.24. The van der Waals surface area contributed by atoms with Gasteiger partial charge in [0, 0.05) is 19.0 Å². The largest absolute Gasteiger partial charge is 0.378 e. The summed E-state index contributed by atoms with van der Waals surface area (Å²) in [6, 6.07) is 4.01. The molecule has 3 rings (SSSR count). The first-order valence-corrected chi connectivity index (χ1v) is 10.1. The van der Waals surface area contributed by atoms with Crippen LogP contribution in [-0.4, -0.2) is 50.8 Å². The van der Waals surface area contributed by atoms with Crippen molar-refractivity contribution in [2.75, 3.05) is 44.4 Å². The van der Waals surface area contributed by atoms with E-state index in [9.17, 15) is 0 Å². The number of hydrogen-bond donors (Lipinski definition) is 0. The summed E-state index contributed by atoms with van der Waals surface area (Å²) in [5.74, 6) is 0.271. The Labute approximate surface area is 162 Å². The number of anilines is 1. The van der Waals surface area contributed by atoms with Crippen molar-refractivity contribution in [3.05, 3.63) is 23.0 Å². The molecule has 26 heavy (non-hydrogen) atoms. The zero-order chi connectivity index (χ0) is 18.6. The van der Waals surface area contributed by atoms with Gasteiger partial charge in [-0.05, 0) is 36.8 Å². The molecule has 146 valence electrons. The van der Waals surface area contributed by atoms with Crippen LogP contribution in [0.25, 0.3) is 0 Å². The highest BCUT2D eigenvalue weighted by Gasteiger charge is 2.32. The molecular weight excluding hydrogens is 352 g/mol. The fraction of sp³-hybridized carbons (Fsp3) is 0.750. The van der Waals surface area contributed by atoms with Crippen molar-refractivity contribution < 1.29 is 14.2 Å². The molecule has 0 saturated carbocycles. The van der Waals surface area contributed by atoms with Crippen molar-refractivity contribution in [2.24, 2.45) is 5.41 Å². The first-order chi connectivity index (χ1) is 12.4. The molecule has 0 N–H and O–H groups in total. The molecule has 1 unspecified atom stereocenters. The molecule has 0 aliphatic carbocycles. The zero-order valence-electron chi connectivity index (χ0n) is 16.2. The van der Waals surface area contributed by atoms with E-state index in [1.54, 1.807) is 0 Å². The van der Waals surface area contributed by atoms with Gasteiger partial charge in [-0.25, -0.2) is 4.98 Å². The lowest BCUT2D eigenvalue weighted by Gasteiger charge is -2.37. The fourth-order valence-corrected chi connectivity index (χ4v) is 3.91. The van der Waals surface area contributed by atoms with E-state index in [1.165, 1.54) is 5.69 Å². The summed E-state index contributed by atoms with van der Waals surface area (Å²) in [6.45, 7) is 11.7. The normalized spacial score (nSPS) is 21.0. The maximum atomic E-state index is 6.30. The molecule has 2 aliphatic heterocycles. The van der Waals surface area contributed by atoms with E-state index >= 15 is 0 Å². The third-order valence-electron chi connectivity index (χ3n) is 5.18. The van der Waals surface area contributed by atoms with Crippen LogP contribution >= 0.6 is 11.6 Å². The van der Waals surface area contributed by atoms with Crippen LogP contribution in [0.2, 0.25) is 5.15 Å². The lowest BCUT2D eigenvalue weighted by atomic mass is 9.75. The average molecular weight is 383 g/mol. The molecule has 0 spiro atoms. The summed E-state index contributed by atoms with van der Waals surface area (Å²) < 4.78 is 17.0. The molecule has 2 saturated heterocycles. The zero-order valence-corrected chi connectivity index (χ0v) is 16.9. The Kier molecular flexibility index (Phi) is 6.78. The van der Waals surface area contributed by atoms with Gasteiger partial charge in [-0.15, -0.1) is 0 Å². The summed E-state index contributed by atoms with van der Waals surface area (Å²) in [6.07, 6.45) is 2.72. The van der Waals surface area contributed by atoms with Crippen LogP contribution in [0.1, 0.15) is 51.6 Å². The van der Waals surface area contributed by atoms with Gasteiger partial charge in [-0.3, -0.25) is 0 Å². The van der Waals surface area contributed by atoms with Gasteiger partial charge in [0.05, 0.1) is 37.8 Å². The number of nitrogens with zero attached hydrogens (tertiary/aromatic N) is 2. The Hall–Kier alpha value is -0.880. The topological polar surface area (TPSA) is 43.8 Å². The Morgan fingerprint density at radius 2 is 1.85 bits per heavy atom. The number of ether oxygens (including phenoxy) is 3. The number of pyridine rings is 1. The van der Waals surface area contributed by atoms with Gasteiger partial charge < -0.3 is 19.1 Å². The number of rotatable bonds is 5. The minimum Gasteiger partial charge on any atom is -0.378 e. The quantitative estimate of drug-likeness (QED) is 0.712. The van der Waals surface area contributed by atoms with Crippen LogP contribution < -0.4 is 4.90 Å². The predicted molar refractivity (Wildman–Crippen MR) is 104 cm³/mol. The summed E-state index contributed by atoms with van der Waals surface area (Å²) in [5.41, 5.74) is 2.33. The molecule has 1 aromatic rings. The summed E-state index contributed by atoms with van der Waals surface area (Å²) in [5, 5.41) is 0.552. The van der Waals surface area contributed by atoms with E-state index in [-0.39, 0.29) is 17.6 Å². The summed E-state index contributed by atoms with van der Waals surface area (Å²) in [7, 11) is 0. The number of aromatic nitrogens is 1. The number of hydrogen-bond acceptors (Lipinski definition) is 5. The Morgan fingerprint density at radius 3 is 2.50 bits per heavy atom. The highest BCUT2D eigenvalue weighted by Crippen LogP contribution is 2.42. The van der Waals surface area contributed by atoms with Crippen molar-refractivity contribution in [3.63, 3.8) is 0 Å². The van der Waals surface area contributed by atoms with Crippen LogP contribution in [0.4, 0.5) is 5.69 Å². The van der Waals surface area contributed by atoms with Gasteiger partial charge >= 0.3 is 0 Å². The standard InChI is InChI=1S/C20H31ClN2O3/c1-20(2,3)15(5-8-18-25-11-4-12-26-18)19-16(6-7-17(21)22-19)23-9-13-24-14-10-23/h6-7,15,18H,4-5,8-14H2,1-3H3. The first kappa shape index (κ1) is 19.9. The molecule has 2 fully saturated rings. The Balaban J connectivity index is 1.83. The van der Waals surface area contributed by atoms with Crippen molar-refractivity contribution in [1.29, 1.82) is 0 Å². The van der Waals surface area contributed by atoms with E-state index in [0.717, 1.165) is 64.5 Å². The fourth-order valence-electron chi connectivity index (χ4n) is 3.76. The maximum Gasteiger partial charge on any atom is 0.157 e. The minimum atomic E-state index is -0.0976. The highest BCUT2D eigenvalue weighted by atomic mass is 35.5. The minimum absolute atomic E-state index is 0.0629. The molecule has 1 aromatic heterocycles. The molecule has 3 heterocycles. The second-order valence-electron chi connectivity index (χ2n) is 8.16. The van der Waals surface area contributed by atoms with Crippen molar-refractivity contribution in [2.45, 2.75) is 52.2 Å². The molecule has 0 radical (unpaired) electrons. The van der Waals surface area contributed by atoms with Crippen LogP contribution in [-0.2, 0) is 14.2 Å². The molecule has 5 nitrogen and oxygen atoms in total. The van der Waals surface area contributed by atoms with E-state index in [2.05, 4.69) is 31.7 Å². The van der Waals surface area contributed by atoms with E-state index in [1.807, 2.05) is 6.07 Å². The summed E-state index contributed by atoms with van der Waals surface area (Å²) in [4.78, 5) is 7.15. The van der Waals surface area contributed by atoms with Crippen LogP contribution in [0.5, 0.6) is 0 Å². The summed E-state index contributed by atoms with van der Waals surface area (Å²) >= 11 is 6.30. The van der Waals surface area contributed by atoms with Crippen molar-refractivity contribution >= 4 is 17.3 Å². The Morgan fingerprint density at radius 1 is 1.15 bits per heavy atom.